The highest BCUT2D eigenvalue weighted by molar-refractivity contribution is 6.31. The first-order valence-corrected chi connectivity index (χ1v) is 5.67. The van der Waals surface area contributed by atoms with Gasteiger partial charge < -0.3 is 5.73 Å². The number of anilines is 1. The Morgan fingerprint density at radius 1 is 1.41 bits per heavy atom. The number of H-pyrrole nitrogens is 1. The molecule has 2 rings (SSSR count). The van der Waals surface area contributed by atoms with Crippen LogP contribution in [0.3, 0.4) is 0 Å². The van der Waals surface area contributed by atoms with E-state index < -0.39 is 5.82 Å². The number of hydrogen-bond donors (Lipinski definition) is 2. The zero-order valence-corrected chi connectivity index (χ0v) is 10.3. The Bertz CT molecular complexity index is 549. The number of hydrogen-bond acceptors (Lipinski definition) is 2. The van der Waals surface area contributed by atoms with Crippen molar-refractivity contribution in [3.63, 3.8) is 0 Å². The van der Waals surface area contributed by atoms with E-state index in [0.717, 1.165) is 16.8 Å². The molecular weight excluding hydrogens is 241 g/mol. The molecule has 2 aromatic rings. The second-order valence-electron chi connectivity index (χ2n) is 4.18. The highest BCUT2D eigenvalue weighted by atomic mass is 35.5. The third kappa shape index (κ3) is 2.13. The van der Waals surface area contributed by atoms with Crippen molar-refractivity contribution in [2.24, 2.45) is 0 Å². The molecule has 1 heterocycles. The zero-order valence-electron chi connectivity index (χ0n) is 9.59. The van der Waals surface area contributed by atoms with Gasteiger partial charge in [-0.05, 0) is 24.1 Å². The number of aromatic nitrogens is 2. The van der Waals surface area contributed by atoms with E-state index in [1.807, 2.05) is 13.8 Å². The van der Waals surface area contributed by atoms with Crippen molar-refractivity contribution >= 4 is 17.4 Å². The molecule has 90 valence electrons. The number of aromatic amines is 1. The van der Waals surface area contributed by atoms with Gasteiger partial charge in [-0.3, -0.25) is 5.10 Å². The lowest BCUT2D eigenvalue weighted by molar-refractivity contribution is 0.628. The summed E-state index contributed by atoms with van der Waals surface area (Å²) < 4.78 is 13.1. The van der Waals surface area contributed by atoms with E-state index in [0.29, 0.717) is 5.82 Å². The Morgan fingerprint density at radius 3 is 2.71 bits per heavy atom. The first-order valence-electron chi connectivity index (χ1n) is 5.30. The lowest BCUT2D eigenvalue weighted by Crippen LogP contribution is -1.95. The summed E-state index contributed by atoms with van der Waals surface area (Å²) in [6.07, 6.45) is 0. The van der Waals surface area contributed by atoms with Crippen LogP contribution in [0.1, 0.15) is 25.3 Å². The first-order chi connectivity index (χ1) is 8.00. The van der Waals surface area contributed by atoms with E-state index >= 15 is 0 Å². The lowest BCUT2D eigenvalue weighted by Gasteiger charge is -2.08. The molecule has 0 amide bonds. The SMILES string of the molecule is CC(C)c1c(N)n[nH]c1-c1ccc(F)c(Cl)c1. The van der Waals surface area contributed by atoms with Crippen LogP contribution in [0.15, 0.2) is 18.2 Å². The number of nitrogens with two attached hydrogens (primary N) is 1. The monoisotopic (exact) mass is 253 g/mol. The van der Waals surface area contributed by atoms with Gasteiger partial charge in [-0.2, -0.15) is 5.10 Å². The minimum Gasteiger partial charge on any atom is -0.382 e. The third-order valence-electron chi connectivity index (χ3n) is 2.62. The molecule has 0 saturated carbocycles. The molecule has 0 aliphatic rings. The van der Waals surface area contributed by atoms with Crippen LogP contribution in [0, 0.1) is 5.82 Å². The molecule has 3 nitrogen and oxygen atoms in total. The topological polar surface area (TPSA) is 54.7 Å². The molecular formula is C12H13ClFN3. The quantitative estimate of drug-likeness (QED) is 0.860. The van der Waals surface area contributed by atoms with Gasteiger partial charge in [-0.25, -0.2) is 4.39 Å². The molecule has 0 spiro atoms. The fraction of sp³-hybridized carbons (Fsp3) is 0.250. The van der Waals surface area contributed by atoms with Gasteiger partial charge in [0, 0.05) is 11.1 Å². The van der Waals surface area contributed by atoms with Crippen LogP contribution in [0.25, 0.3) is 11.3 Å². The fourth-order valence-electron chi connectivity index (χ4n) is 1.82. The van der Waals surface area contributed by atoms with Crippen molar-refractivity contribution in [2.45, 2.75) is 19.8 Å². The number of nitrogens with one attached hydrogen (secondary N) is 1. The lowest BCUT2D eigenvalue weighted by atomic mass is 9.99. The van der Waals surface area contributed by atoms with Crippen molar-refractivity contribution < 1.29 is 4.39 Å². The molecule has 0 saturated heterocycles. The summed E-state index contributed by atoms with van der Waals surface area (Å²) in [4.78, 5) is 0. The van der Waals surface area contributed by atoms with Gasteiger partial charge in [0.05, 0.1) is 10.7 Å². The largest absolute Gasteiger partial charge is 0.382 e. The van der Waals surface area contributed by atoms with Gasteiger partial charge in [-0.1, -0.05) is 25.4 Å². The molecule has 5 heteroatoms. The normalized spacial score (nSPS) is 11.1. The average Bonchev–Trinajstić information content (AvgIpc) is 2.64. The first kappa shape index (κ1) is 11.9. The second kappa shape index (κ2) is 4.37. The van der Waals surface area contributed by atoms with Gasteiger partial charge in [0.2, 0.25) is 0 Å². The number of rotatable bonds is 2. The maximum Gasteiger partial charge on any atom is 0.149 e. The van der Waals surface area contributed by atoms with Crippen LogP contribution in [-0.4, -0.2) is 10.2 Å². The molecule has 0 aliphatic carbocycles. The summed E-state index contributed by atoms with van der Waals surface area (Å²) in [5, 5.41) is 6.93. The Morgan fingerprint density at radius 2 is 2.12 bits per heavy atom. The standard InChI is InChI=1S/C12H13ClFN3/c1-6(2)10-11(16-17-12(10)15)7-3-4-9(14)8(13)5-7/h3-6H,1-2H3,(H3,15,16,17). The van der Waals surface area contributed by atoms with Gasteiger partial charge in [0.25, 0.3) is 0 Å². The highest BCUT2D eigenvalue weighted by Gasteiger charge is 2.16. The Kier molecular flexibility index (Phi) is 3.07. The Balaban J connectivity index is 2.56. The van der Waals surface area contributed by atoms with Crippen LogP contribution in [-0.2, 0) is 0 Å². The van der Waals surface area contributed by atoms with E-state index in [9.17, 15) is 4.39 Å². The molecule has 1 aromatic carbocycles. The smallest absolute Gasteiger partial charge is 0.149 e. The third-order valence-corrected chi connectivity index (χ3v) is 2.91. The van der Waals surface area contributed by atoms with Gasteiger partial charge in [0.1, 0.15) is 11.6 Å². The average molecular weight is 254 g/mol. The van der Waals surface area contributed by atoms with Crippen LogP contribution in [0.5, 0.6) is 0 Å². The van der Waals surface area contributed by atoms with Crippen LogP contribution in [0.2, 0.25) is 5.02 Å². The second-order valence-corrected chi connectivity index (χ2v) is 4.59. The van der Waals surface area contributed by atoms with E-state index in [1.54, 1.807) is 12.1 Å². The molecule has 0 radical (unpaired) electrons. The summed E-state index contributed by atoms with van der Waals surface area (Å²) in [5.74, 6) is 0.261. The van der Waals surface area contributed by atoms with Crippen LogP contribution < -0.4 is 5.73 Å². The minimum atomic E-state index is -0.436. The zero-order chi connectivity index (χ0) is 12.6. The minimum absolute atomic E-state index is 0.0883. The molecule has 0 fully saturated rings. The summed E-state index contributed by atoms with van der Waals surface area (Å²) in [6.45, 7) is 4.05. The van der Waals surface area contributed by atoms with Gasteiger partial charge >= 0.3 is 0 Å². The predicted molar refractivity (Wildman–Crippen MR) is 67.5 cm³/mol. The molecule has 0 unspecified atom stereocenters. The van der Waals surface area contributed by atoms with Crippen LogP contribution >= 0.6 is 11.6 Å². The van der Waals surface area contributed by atoms with Crippen molar-refractivity contribution in [3.05, 3.63) is 34.6 Å². The van der Waals surface area contributed by atoms with E-state index in [1.165, 1.54) is 6.07 Å². The molecule has 17 heavy (non-hydrogen) atoms. The maximum atomic E-state index is 13.1. The van der Waals surface area contributed by atoms with Crippen molar-refractivity contribution in [3.8, 4) is 11.3 Å². The summed E-state index contributed by atoms with van der Waals surface area (Å²) in [7, 11) is 0. The van der Waals surface area contributed by atoms with E-state index in [4.69, 9.17) is 17.3 Å². The molecule has 0 bridgehead atoms. The van der Waals surface area contributed by atoms with Crippen LogP contribution in [0.4, 0.5) is 10.2 Å². The summed E-state index contributed by atoms with van der Waals surface area (Å²) >= 11 is 5.76. The Labute approximate surface area is 104 Å². The van der Waals surface area contributed by atoms with Crippen molar-refractivity contribution in [2.75, 3.05) is 5.73 Å². The van der Waals surface area contributed by atoms with Crippen molar-refractivity contribution in [1.29, 1.82) is 0 Å². The van der Waals surface area contributed by atoms with E-state index in [2.05, 4.69) is 10.2 Å². The number of benzene rings is 1. The summed E-state index contributed by atoms with van der Waals surface area (Å²) in [6, 6.07) is 4.55. The van der Waals surface area contributed by atoms with Gasteiger partial charge in [0.15, 0.2) is 0 Å². The molecule has 0 aliphatic heterocycles. The Hall–Kier alpha value is -1.55. The summed E-state index contributed by atoms with van der Waals surface area (Å²) in [5.41, 5.74) is 8.29. The molecule has 3 N–H and O–H groups in total. The number of halogens is 2. The van der Waals surface area contributed by atoms with Crippen molar-refractivity contribution in [1.82, 2.24) is 10.2 Å². The number of nitrogens with zero attached hydrogens (tertiary/aromatic N) is 1. The predicted octanol–water partition coefficient (Wildman–Crippen LogP) is 3.57. The fourth-order valence-corrected chi connectivity index (χ4v) is 2.00. The maximum absolute atomic E-state index is 13.1. The van der Waals surface area contributed by atoms with Gasteiger partial charge in [-0.15, -0.1) is 0 Å². The molecule has 0 atom stereocenters. The van der Waals surface area contributed by atoms with E-state index in [-0.39, 0.29) is 10.9 Å². The highest BCUT2D eigenvalue weighted by Crippen LogP contribution is 2.32. The number of nitrogen functional groups attached to an aromatic ring is 1. The molecule has 1 aromatic heterocycles.